The molecule has 0 aromatic heterocycles. The van der Waals surface area contributed by atoms with Crippen molar-refractivity contribution in [1.29, 1.82) is 0 Å². The van der Waals surface area contributed by atoms with Crippen molar-refractivity contribution >= 4 is 46.5 Å². The fourth-order valence-electron chi connectivity index (χ4n) is 3.81. The van der Waals surface area contributed by atoms with Gasteiger partial charge in [0, 0.05) is 24.4 Å². The molecule has 2 saturated carbocycles. The van der Waals surface area contributed by atoms with Gasteiger partial charge in [0.2, 0.25) is 11.8 Å². The summed E-state index contributed by atoms with van der Waals surface area (Å²) in [5.41, 5.74) is 0. The molecule has 0 heterocycles. The topological polar surface area (TPSA) is 82.3 Å². The normalized spacial score (nSPS) is 18.7. The molecule has 0 radical (unpaired) electrons. The molecule has 4 N–H and O–H groups in total. The molecule has 0 aromatic rings. The molecule has 2 aliphatic rings. The number of hydrogen-bond acceptors (Lipinski definition) is 4. The Balaban J connectivity index is 1.62. The van der Waals surface area contributed by atoms with Crippen LogP contribution in [-0.2, 0) is 9.59 Å². The third kappa shape index (κ3) is 7.70. The maximum atomic E-state index is 12.1. The molecular weight excluding hydrogens is 380 g/mol. The minimum atomic E-state index is 0.0333. The maximum absolute atomic E-state index is 12.1. The molecule has 2 fully saturated rings. The van der Waals surface area contributed by atoms with Crippen LogP contribution in [0.4, 0.5) is 0 Å². The van der Waals surface area contributed by atoms with E-state index in [4.69, 9.17) is 24.4 Å². The summed E-state index contributed by atoms with van der Waals surface area (Å²) >= 11 is 10.5. The van der Waals surface area contributed by atoms with E-state index in [1.807, 2.05) is 0 Å². The highest BCUT2D eigenvalue weighted by Gasteiger charge is 2.24. The zero-order valence-electron chi connectivity index (χ0n) is 16.1. The Morgan fingerprint density at radius 1 is 0.889 bits per heavy atom. The summed E-state index contributed by atoms with van der Waals surface area (Å²) in [6.45, 7) is 2.70. The number of hydrogen-bond donors (Lipinski definition) is 4. The Morgan fingerprint density at radius 3 is 1.85 bits per heavy atom. The average molecular weight is 413 g/mol. The standard InChI is InChI=1S/C19H32N4O2S2/c1-2-15(21-19(27)23-17(25)14-9-5-6-10-14)11-12-20-18(26)22-16(24)13-7-3-4-8-13/h13-15H,2-12H2,1H3,(H2,20,22,24,26)(H2,21,23,25,27)/t15-/m0/s1. The molecule has 1 atom stereocenters. The van der Waals surface area contributed by atoms with Crippen molar-refractivity contribution in [2.24, 2.45) is 11.8 Å². The van der Waals surface area contributed by atoms with Gasteiger partial charge in [-0.1, -0.05) is 32.6 Å². The van der Waals surface area contributed by atoms with Crippen LogP contribution >= 0.6 is 24.4 Å². The van der Waals surface area contributed by atoms with Gasteiger partial charge in [0.05, 0.1) is 0 Å². The summed E-state index contributed by atoms with van der Waals surface area (Å²) in [6, 6.07) is 0.141. The summed E-state index contributed by atoms with van der Waals surface area (Å²) in [7, 11) is 0. The van der Waals surface area contributed by atoms with Crippen LogP contribution in [0, 0.1) is 11.8 Å². The van der Waals surface area contributed by atoms with Crippen molar-refractivity contribution in [3.63, 3.8) is 0 Å². The highest BCUT2D eigenvalue weighted by Crippen LogP contribution is 2.25. The zero-order valence-corrected chi connectivity index (χ0v) is 17.8. The molecule has 2 aliphatic carbocycles. The number of carbonyl (C=O) groups excluding carboxylic acids is 2. The van der Waals surface area contributed by atoms with Gasteiger partial charge in [-0.2, -0.15) is 0 Å². The molecule has 27 heavy (non-hydrogen) atoms. The van der Waals surface area contributed by atoms with Crippen LogP contribution in [0.2, 0.25) is 0 Å². The zero-order chi connectivity index (χ0) is 19.6. The fraction of sp³-hybridized carbons (Fsp3) is 0.789. The first-order valence-electron chi connectivity index (χ1n) is 10.2. The van der Waals surface area contributed by atoms with Gasteiger partial charge in [-0.05, 0) is 63.0 Å². The summed E-state index contributed by atoms with van der Waals surface area (Å²) in [6.07, 6.45) is 9.99. The monoisotopic (exact) mass is 412 g/mol. The third-order valence-electron chi connectivity index (χ3n) is 5.53. The predicted octanol–water partition coefficient (Wildman–Crippen LogP) is 2.52. The van der Waals surface area contributed by atoms with Crippen LogP contribution in [0.15, 0.2) is 0 Å². The Hall–Kier alpha value is -1.28. The van der Waals surface area contributed by atoms with Crippen molar-refractivity contribution in [3.05, 3.63) is 0 Å². The summed E-state index contributed by atoms with van der Waals surface area (Å²) in [5.74, 6) is 0.280. The minimum absolute atomic E-state index is 0.0333. The predicted molar refractivity (Wildman–Crippen MR) is 115 cm³/mol. The lowest BCUT2D eigenvalue weighted by Crippen LogP contribution is -2.47. The molecule has 2 rings (SSSR count). The molecular formula is C19H32N4O2S2. The van der Waals surface area contributed by atoms with Crippen molar-refractivity contribution in [2.45, 2.75) is 77.2 Å². The lowest BCUT2D eigenvalue weighted by Gasteiger charge is -2.21. The minimum Gasteiger partial charge on any atom is -0.362 e. The van der Waals surface area contributed by atoms with Gasteiger partial charge in [0.25, 0.3) is 0 Å². The number of nitrogens with one attached hydrogen (secondary N) is 4. The third-order valence-corrected chi connectivity index (χ3v) is 6.00. The van der Waals surface area contributed by atoms with Crippen LogP contribution in [0.25, 0.3) is 0 Å². The molecule has 2 amide bonds. The molecule has 0 aliphatic heterocycles. The summed E-state index contributed by atoms with van der Waals surface area (Å²) in [5, 5.41) is 12.7. The van der Waals surface area contributed by atoms with Crippen LogP contribution in [-0.4, -0.2) is 34.6 Å². The SMILES string of the molecule is CC[C@@H](CCNC(=S)NC(=O)C1CCCC1)NC(=S)NC(=O)C1CCCC1. The van der Waals surface area contributed by atoms with Gasteiger partial charge in [0.1, 0.15) is 0 Å². The molecule has 0 spiro atoms. The number of carbonyl (C=O) groups is 2. The molecule has 0 saturated heterocycles. The average Bonchev–Trinajstić information content (AvgIpc) is 3.34. The van der Waals surface area contributed by atoms with Gasteiger partial charge in [-0.15, -0.1) is 0 Å². The van der Waals surface area contributed by atoms with E-state index in [9.17, 15) is 9.59 Å². The quantitative estimate of drug-likeness (QED) is 0.481. The lowest BCUT2D eigenvalue weighted by molar-refractivity contribution is -0.124. The van der Waals surface area contributed by atoms with Crippen molar-refractivity contribution < 1.29 is 9.59 Å². The van der Waals surface area contributed by atoms with E-state index < -0.39 is 0 Å². The molecule has 6 nitrogen and oxygen atoms in total. The first-order valence-corrected chi connectivity index (χ1v) is 11.0. The Kier molecular flexibility index (Phi) is 9.41. The molecule has 0 aromatic carbocycles. The number of rotatable bonds is 7. The van der Waals surface area contributed by atoms with Crippen molar-refractivity contribution in [1.82, 2.24) is 21.3 Å². The van der Waals surface area contributed by atoms with Crippen LogP contribution in [0.5, 0.6) is 0 Å². The highest BCUT2D eigenvalue weighted by molar-refractivity contribution is 7.80. The van der Waals surface area contributed by atoms with Gasteiger partial charge in [-0.25, -0.2) is 0 Å². The van der Waals surface area contributed by atoms with Crippen LogP contribution in [0.1, 0.15) is 71.1 Å². The van der Waals surface area contributed by atoms with Gasteiger partial charge in [-0.3, -0.25) is 9.59 Å². The fourth-order valence-corrected chi connectivity index (χ4v) is 4.28. The second-order valence-electron chi connectivity index (χ2n) is 7.56. The van der Waals surface area contributed by atoms with E-state index in [1.54, 1.807) is 0 Å². The number of amides is 2. The van der Waals surface area contributed by atoms with E-state index >= 15 is 0 Å². The van der Waals surface area contributed by atoms with E-state index in [2.05, 4.69) is 28.2 Å². The smallest absolute Gasteiger partial charge is 0.229 e. The van der Waals surface area contributed by atoms with E-state index in [0.29, 0.717) is 16.8 Å². The van der Waals surface area contributed by atoms with Gasteiger partial charge < -0.3 is 21.3 Å². The van der Waals surface area contributed by atoms with Crippen LogP contribution in [0.3, 0.4) is 0 Å². The van der Waals surface area contributed by atoms with Crippen molar-refractivity contribution in [3.8, 4) is 0 Å². The van der Waals surface area contributed by atoms with Gasteiger partial charge >= 0.3 is 0 Å². The number of thiocarbonyl (C=S) groups is 2. The van der Waals surface area contributed by atoms with Crippen LogP contribution < -0.4 is 21.3 Å². The lowest BCUT2D eigenvalue weighted by atomic mass is 10.1. The van der Waals surface area contributed by atoms with Crippen molar-refractivity contribution in [2.75, 3.05) is 6.54 Å². The second kappa shape index (κ2) is 11.5. The highest BCUT2D eigenvalue weighted by atomic mass is 32.1. The maximum Gasteiger partial charge on any atom is 0.229 e. The molecule has 0 bridgehead atoms. The second-order valence-corrected chi connectivity index (χ2v) is 8.38. The Bertz CT molecular complexity index is 544. The summed E-state index contributed by atoms with van der Waals surface area (Å²) < 4.78 is 0. The van der Waals surface area contributed by atoms with Gasteiger partial charge in [0.15, 0.2) is 10.2 Å². The first kappa shape index (κ1) is 22.0. The Morgan fingerprint density at radius 2 is 1.37 bits per heavy atom. The Labute approximate surface area is 173 Å². The molecule has 8 heteroatoms. The molecule has 152 valence electrons. The molecule has 0 unspecified atom stereocenters. The van der Waals surface area contributed by atoms with E-state index in [0.717, 1.165) is 64.2 Å². The summed E-state index contributed by atoms with van der Waals surface area (Å²) in [4.78, 5) is 24.2. The van der Waals surface area contributed by atoms with E-state index in [1.165, 1.54) is 0 Å². The van der Waals surface area contributed by atoms with E-state index in [-0.39, 0.29) is 29.7 Å². The first-order chi connectivity index (χ1) is 13.0. The largest absolute Gasteiger partial charge is 0.362 e.